The van der Waals surface area contributed by atoms with E-state index >= 15 is 0 Å². The number of rotatable bonds is 7. The van der Waals surface area contributed by atoms with Crippen LogP contribution in [0.3, 0.4) is 0 Å². The molecule has 1 aliphatic heterocycles. The summed E-state index contributed by atoms with van der Waals surface area (Å²) in [5.74, 6) is 1.31. The van der Waals surface area contributed by atoms with Crippen LogP contribution in [0, 0.1) is 5.92 Å². The molecule has 1 N–H and O–H groups in total. The second kappa shape index (κ2) is 10.2. The van der Waals surface area contributed by atoms with Crippen molar-refractivity contribution in [3.8, 4) is 5.75 Å². The van der Waals surface area contributed by atoms with Gasteiger partial charge in [0.05, 0.1) is 12.8 Å². The van der Waals surface area contributed by atoms with E-state index in [4.69, 9.17) is 4.74 Å². The summed E-state index contributed by atoms with van der Waals surface area (Å²) in [5, 5.41) is 7.61. The van der Waals surface area contributed by atoms with Crippen LogP contribution in [0.25, 0.3) is 0 Å². The molecule has 4 rings (SSSR count). The maximum atomic E-state index is 13.3. The molecule has 1 aliphatic carbocycles. The van der Waals surface area contributed by atoms with Crippen molar-refractivity contribution < 1.29 is 14.3 Å². The van der Waals surface area contributed by atoms with E-state index in [-0.39, 0.29) is 11.8 Å². The molecule has 7 nitrogen and oxygen atoms in total. The highest BCUT2D eigenvalue weighted by Gasteiger charge is 2.30. The summed E-state index contributed by atoms with van der Waals surface area (Å²) >= 11 is 0. The van der Waals surface area contributed by atoms with Gasteiger partial charge in [-0.3, -0.25) is 14.3 Å². The zero-order valence-electron chi connectivity index (χ0n) is 19.2. The Kier molecular flexibility index (Phi) is 7.12. The number of benzene rings is 1. The van der Waals surface area contributed by atoms with Crippen molar-refractivity contribution in [1.82, 2.24) is 20.0 Å². The van der Waals surface area contributed by atoms with Crippen LogP contribution in [0.1, 0.15) is 65.8 Å². The molecule has 1 aromatic carbocycles. The summed E-state index contributed by atoms with van der Waals surface area (Å²) in [6.07, 6.45) is 7.56. The molecule has 0 bridgehead atoms. The molecular weight excluding hydrogens is 404 g/mol. The van der Waals surface area contributed by atoms with E-state index in [0.29, 0.717) is 18.9 Å². The molecule has 2 aromatic rings. The maximum Gasteiger partial charge on any atom is 0.272 e. The van der Waals surface area contributed by atoms with Crippen LogP contribution in [0.15, 0.2) is 24.3 Å². The molecule has 1 saturated heterocycles. The number of carbonyl (C=O) groups excluding carboxylic acids is 2. The molecule has 32 heavy (non-hydrogen) atoms. The highest BCUT2D eigenvalue weighted by atomic mass is 16.5. The van der Waals surface area contributed by atoms with Gasteiger partial charge in [0, 0.05) is 38.7 Å². The van der Waals surface area contributed by atoms with Gasteiger partial charge in [0.25, 0.3) is 5.91 Å². The first-order chi connectivity index (χ1) is 15.5. The Hall–Kier alpha value is -2.83. The van der Waals surface area contributed by atoms with Gasteiger partial charge in [-0.25, -0.2) is 0 Å². The van der Waals surface area contributed by atoms with Crippen molar-refractivity contribution >= 4 is 11.8 Å². The zero-order valence-corrected chi connectivity index (χ0v) is 19.2. The number of fused-ring (bicyclic) bond motifs is 1. The maximum absolute atomic E-state index is 13.3. The number of hydrogen-bond donors (Lipinski definition) is 1. The van der Waals surface area contributed by atoms with Crippen LogP contribution in [0.2, 0.25) is 0 Å². The SMILES string of the molecule is COc1cccc(CNC(=O)CCC2CCCN(C(=O)c3c4c(nn3C)CCCC4)C2)c1. The minimum absolute atomic E-state index is 0.0528. The number of amides is 2. The zero-order chi connectivity index (χ0) is 22.5. The predicted molar refractivity (Wildman–Crippen MR) is 123 cm³/mol. The van der Waals surface area contributed by atoms with Gasteiger partial charge in [0.1, 0.15) is 11.4 Å². The van der Waals surface area contributed by atoms with Gasteiger partial charge in [0.15, 0.2) is 0 Å². The van der Waals surface area contributed by atoms with Crippen LogP contribution in [-0.4, -0.2) is 46.7 Å². The van der Waals surface area contributed by atoms with Crippen molar-refractivity contribution in [2.45, 2.75) is 57.9 Å². The number of aryl methyl sites for hydroxylation is 2. The fourth-order valence-electron chi connectivity index (χ4n) is 4.99. The third-order valence-corrected chi connectivity index (χ3v) is 6.73. The number of carbonyl (C=O) groups is 2. The smallest absolute Gasteiger partial charge is 0.272 e. The first-order valence-corrected chi connectivity index (χ1v) is 11.8. The minimum Gasteiger partial charge on any atom is -0.497 e. The standard InChI is InChI=1S/C25H34N4O3/c1-28-24(21-10-3-4-11-22(21)27-28)25(31)29-14-6-8-18(17-29)12-13-23(30)26-16-19-7-5-9-20(15-19)32-2/h5,7,9,15,18H,3-4,6,8,10-14,16-17H2,1-2H3,(H,26,30). The van der Waals surface area contributed by atoms with Crippen LogP contribution < -0.4 is 10.1 Å². The van der Waals surface area contributed by atoms with E-state index in [0.717, 1.165) is 86.3 Å². The lowest BCUT2D eigenvalue weighted by Gasteiger charge is -2.33. The Balaban J connectivity index is 1.28. The van der Waals surface area contributed by atoms with Crippen LogP contribution in [0.5, 0.6) is 5.75 Å². The molecule has 2 amide bonds. The van der Waals surface area contributed by atoms with Gasteiger partial charge in [-0.2, -0.15) is 5.10 Å². The van der Waals surface area contributed by atoms with Gasteiger partial charge in [-0.15, -0.1) is 0 Å². The predicted octanol–water partition coefficient (Wildman–Crippen LogP) is 3.26. The van der Waals surface area contributed by atoms with Crippen LogP contribution in [-0.2, 0) is 31.2 Å². The Morgan fingerprint density at radius 2 is 2.06 bits per heavy atom. The Morgan fingerprint density at radius 3 is 2.91 bits per heavy atom. The number of methoxy groups -OCH3 is 1. The normalized spacial score (nSPS) is 18.2. The highest BCUT2D eigenvalue weighted by molar-refractivity contribution is 5.94. The summed E-state index contributed by atoms with van der Waals surface area (Å²) in [4.78, 5) is 27.7. The molecule has 0 radical (unpaired) electrons. The van der Waals surface area contributed by atoms with Crippen molar-refractivity contribution in [1.29, 1.82) is 0 Å². The Morgan fingerprint density at radius 1 is 1.22 bits per heavy atom. The fourth-order valence-corrected chi connectivity index (χ4v) is 4.99. The van der Waals surface area contributed by atoms with Gasteiger partial charge in [-0.05, 0) is 68.6 Å². The largest absolute Gasteiger partial charge is 0.497 e. The summed E-state index contributed by atoms with van der Waals surface area (Å²) < 4.78 is 7.02. The molecule has 0 spiro atoms. The second-order valence-electron chi connectivity index (χ2n) is 9.03. The molecule has 1 fully saturated rings. The molecule has 1 aromatic heterocycles. The van der Waals surface area contributed by atoms with E-state index in [1.807, 2.05) is 36.2 Å². The lowest BCUT2D eigenvalue weighted by Crippen LogP contribution is -2.41. The van der Waals surface area contributed by atoms with Crippen molar-refractivity contribution in [3.05, 3.63) is 46.8 Å². The lowest BCUT2D eigenvalue weighted by molar-refractivity contribution is -0.121. The van der Waals surface area contributed by atoms with Gasteiger partial charge in [0.2, 0.25) is 5.91 Å². The van der Waals surface area contributed by atoms with Gasteiger partial charge in [-0.1, -0.05) is 12.1 Å². The average molecular weight is 439 g/mol. The van der Waals surface area contributed by atoms with E-state index in [9.17, 15) is 9.59 Å². The number of piperidine rings is 1. The summed E-state index contributed by atoms with van der Waals surface area (Å²) in [6.45, 7) is 2.01. The van der Waals surface area contributed by atoms with Crippen molar-refractivity contribution in [2.75, 3.05) is 20.2 Å². The Bertz CT molecular complexity index is 968. The number of nitrogens with zero attached hydrogens (tertiary/aromatic N) is 3. The lowest BCUT2D eigenvalue weighted by atomic mass is 9.92. The molecule has 172 valence electrons. The fraction of sp³-hybridized carbons (Fsp3) is 0.560. The van der Waals surface area contributed by atoms with E-state index < -0.39 is 0 Å². The summed E-state index contributed by atoms with van der Waals surface area (Å²) in [7, 11) is 3.53. The molecule has 2 heterocycles. The van der Waals surface area contributed by atoms with Gasteiger partial charge >= 0.3 is 0 Å². The van der Waals surface area contributed by atoms with E-state index in [1.54, 1.807) is 11.8 Å². The monoisotopic (exact) mass is 438 g/mol. The molecule has 1 atom stereocenters. The summed E-state index contributed by atoms with van der Waals surface area (Å²) in [5.41, 5.74) is 4.05. The van der Waals surface area contributed by atoms with Crippen molar-refractivity contribution in [3.63, 3.8) is 0 Å². The molecule has 1 unspecified atom stereocenters. The van der Waals surface area contributed by atoms with Crippen molar-refractivity contribution in [2.24, 2.45) is 13.0 Å². The number of ether oxygens (including phenoxy) is 1. The number of aromatic nitrogens is 2. The third-order valence-electron chi connectivity index (χ3n) is 6.73. The number of nitrogens with one attached hydrogen (secondary N) is 1. The molecule has 0 saturated carbocycles. The summed E-state index contributed by atoms with van der Waals surface area (Å²) in [6, 6.07) is 7.72. The number of hydrogen-bond acceptors (Lipinski definition) is 4. The average Bonchev–Trinajstić information content (AvgIpc) is 3.16. The van der Waals surface area contributed by atoms with Crippen LogP contribution in [0.4, 0.5) is 0 Å². The molecule has 2 aliphatic rings. The quantitative estimate of drug-likeness (QED) is 0.720. The second-order valence-corrected chi connectivity index (χ2v) is 9.03. The number of likely N-dealkylation sites (tertiary alicyclic amines) is 1. The van der Waals surface area contributed by atoms with Crippen LogP contribution >= 0.6 is 0 Å². The molecular formula is C25H34N4O3. The van der Waals surface area contributed by atoms with Gasteiger partial charge < -0.3 is 15.0 Å². The van der Waals surface area contributed by atoms with E-state index in [1.165, 1.54) is 0 Å². The van der Waals surface area contributed by atoms with E-state index in [2.05, 4.69) is 10.4 Å². The molecule has 7 heteroatoms. The first-order valence-electron chi connectivity index (χ1n) is 11.8. The first kappa shape index (κ1) is 22.4. The Labute approximate surface area is 190 Å². The third kappa shape index (κ3) is 5.14. The minimum atomic E-state index is 0.0528. The highest BCUT2D eigenvalue weighted by Crippen LogP contribution is 2.27. The topological polar surface area (TPSA) is 76.5 Å².